The first-order valence-corrected chi connectivity index (χ1v) is 7.96. The monoisotopic (exact) mass is 363 g/mol. The SMILES string of the molecule is O=C(OC1CCC(c2cc(F)ccc2F)OC1)c1ccc([N+](=O)[O-])cc1. The van der Waals surface area contributed by atoms with Gasteiger partial charge in [-0.25, -0.2) is 13.6 Å². The van der Waals surface area contributed by atoms with Gasteiger partial charge in [-0.15, -0.1) is 0 Å². The van der Waals surface area contributed by atoms with Crippen molar-refractivity contribution >= 4 is 11.7 Å². The maximum Gasteiger partial charge on any atom is 0.338 e. The highest BCUT2D eigenvalue weighted by Crippen LogP contribution is 2.31. The second kappa shape index (κ2) is 7.57. The molecule has 0 spiro atoms. The van der Waals surface area contributed by atoms with E-state index in [1.165, 1.54) is 24.3 Å². The van der Waals surface area contributed by atoms with Crippen LogP contribution in [0.15, 0.2) is 42.5 Å². The van der Waals surface area contributed by atoms with Crippen molar-refractivity contribution in [3.05, 3.63) is 75.3 Å². The predicted molar refractivity (Wildman–Crippen MR) is 86.6 cm³/mol. The van der Waals surface area contributed by atoms with Gasteiger partial charge in [-0.05, 0) is 43.2 Å². The van der Waals surface area contributed by atoms with E-state index in [2.05, 4.69) is 0 Å². The van der Waals surface area contributed by atoms with Crippen molar-refractivity contribution < 1.29 is 28.0 Å². The van der Waals surface area contributed by atoms with E-state index in [0.29, 0.717) is 12.8 Å². The minimum Gasteiger partial charge on any atom is -0.456 e. The number of carbonyl (C=O) groups excluding carboxylic acids is 1. The van der Waals surface area contributed by atoms with Crippen LogP contribution in [0.4, 0.5) is 14.5 Å². The van der Waals surface area contributed by atoms with E-state index >= 15 is 0 Å². The number of esters is 1. The Kier molecular flexibility index (Phi) is 5.22. The van der Waals surface area contributed by atoms with Crippen molar-refractivity contribution in [1.82, 2.24) is 0 Å². The third kappa shape index (κ3) is 4.02. The van der Waals surface area contributed by atoms with Gasteiger partial charge >= 0.3 is 5.97 Å². The number of halogens is 2. The van der Waals surface area contributed by atoms with Gasteiger partial charge in [0.25, 0.3) is 5.69 Å². The first-order chi connectivity index (χ1) is 12.4. The Balaban J connectivity index is 1.57. The van der Waals surface area contributed by atoms with Gasteiger partial charge < -0.3 is 9.47 Å². The molecule has 2 aromatic carbocycles. The Morgan fingerprint density at radius 1 is 1.15 bits per heavy atom. The lowest BCUT2D eigenvalue weighted by Gasteiger charge is -2.29. The molecule has 0 aromatic heterocycles. The maximum atomic E-state index is 13.8. The van der Waals surface area contributed by atoms with Gasteiger partial charge in [0.05, 0.1) is 23.2 Å². The van der Waals surface area contributed by atoms with E-state index in [1.54, 1.807) is 0 Å². The van der Waals surface area contributed by atoms with E-state index in [9.17, 15) is 23.7 Å². The van der Waals surface area contributed by atoms with Gasteiger partial charge in [-0.3, -0.25) is 10.1 Å². The molecule has 26 heavy (non-hydrogen) atoms. The third-order valence-corrected chi connectivity index (χ3v) is 4.13. The molecule has 0 bridgehead atoms. The number of non-ortho nitro benzene ring substituents is 1. The topological polar surface area (TPSA) is 78.7 Å². The van der Waals surface area contributed by atoms with Gasteiger partial charge in [0, 0.05) is 17.7 Å². The lowest BCUT2D eigenvalue weighted by atomic mass is 9.99. The summed E-state index contributed by atoms with van der Waals surface area (Å²) in [6.45, 7) is 0.0549. The van der Waals surface area contributed by atoms with Crippen LogP contribution in [0.25, 0.3) is 0 Å². The molecule has 2 unspecified atom stereocenters. The fourth-order valence-corrected chi connectivity index (χ4v) is 2.77. The second-order valence-electron chi connectivity index (χ2n) is 5.90. The van der Waals surface area contributed by atoms with Crippen molar-refractivity contribution in [3.8, 4) is 0 Å². The van der Waals surface area contributed by atoms with Crippen molar-refractivity contribution in [3.63, 3.8) is 0 Å². The van der Waals surface area contributed by atoms with Crippen molar-refractivity contribution in [2.45, 2.75) is 25.0 Å². The smallest absolute Gasteiger partial charge is 0.338 e. The minimum absolute atomic E-state index is 0.0549. The lowest BCUT2D eigenvalue weighted by Crippen LogP contribution is -2.30. The number of nitro groups is 1. The van der Waals surface area contributed by atoms with Crippen LogP contribution in [-0.2, 0) is 9.47 Å². The van der Waals surface area contributed by atoms with E-state index in [0.717, 1.165) is 18.2 Å². The molecule has 2 atom stereocenters. The highest BCUT2D eigenvalue weighted by Gasteiger charge is 2.28. The Hall–Kier alpha value is -2.87. The van der Waals surface area contributed by atoms with Crippen LogP contribution in [0, 0.1) is 21.7 Å². The molecule has 1 fully saturated rings. The number of rotatable bonds is 4. The number of hydrogen-bond donors (Lipinski definition) is 0. The summed E-state index contributed by atoms with van der Waals surface area (Å²) in [6, 6.07) is 8.26. The van der Waals surface area contributed by atoms with Crippen LogP contribution in [0.3, 0.4) is 0 Å². The van der Waals surface area contributed by atoms with Crippen LogP contribution in [-0.4, -0.2) is 23.6 Å². The molecule has 1 heterocycles. The standard InChI is InChI=1S/C18H15F2NO5/c19-12-3-7-16(20)15(9-12)17-8-6-14(10-25-17)26-18(22)11-1-4-13(5-2-11)21(23)24/h1-5,7,9,14,17H,6,8,10H2. The molecule has 2 aromatic rings. The van der Waals surface area contributed by atoms with Crippen molar-refractivity contribution in [2.75, 3.05) is 6.61 Å². The predicted octanol–water partition coefficient (Wildman–Crippen LogP) is 3.95. The van der Waals surface area contributed by atoms with E-state index < -0.39 is 34.7 Å². The third-order valence-electron chi connectivity index (χ3n) is 4.13. The first kappa shape index (κ1) is 17.9. The molecule has 6 nitrogen and oxygen atoms in total. The zero-order valence-corrected chi connectivity index (χ0v) is 13.6. The summed E-state index contributed by atoms with van der Waals surface area (Å²) in [5.74, 6) is -1.71. The number of ether oxygens (including phenoxy) is 2. The summed E-state index contributed by atoms with van der Waals surface area (Å²) in [5, 5.41) is 10.6. The van der Waals surface area contributed by atoms with E-state index in [-0.39, 0.29) is 23.4 Å². The van der Waals surface area contributed by atoms with Gasteiger partial charge in [0.2, 0.25) is 0 Å². The number of carbonyl (C=O) groups is 1. The van der Waals surface area contributed by atoms with Gasteiger partial charge in [-0.2, -0.15) is 0 Å². The van der Waals surface area contributed by atoms with Gasteiger partial charge in [0.15, 0.2) is 0 Å². The normalized spacial score (nSPS) is 19.8. The van der Waals surface area contributed by atoms with E-state index in [1.807, 2.05) is 0 Å². The van der Waals surface area contributed by atoms with Crippen LogP contribution < -0.4 is 0 Å². The number of hydrogen-bond acceptors (Lipinski definition) is 5. The fraction of sp³-hybridized carbons (Fsp3) is 0.278. The number of benzene rings is 2. The molecule has 0 aliphatic carbocycles. The molecule has 1 aliphatic rings. The summed E-state index contributed by atoms with van der Waals surface area (Å²) >= 11 is 0. The van der Waals surface area contributed by atoms with Gasteiger partial charge in [-0.1, -0.05) is 0 Å². The second-order valence-corrected chi connectivity index (χ2v) is 5.90. The molecule has 3 rings (SSSR count). The molecular weight excluding hydrogens is 348 g/mol. The molecule has 0 amide bonds. The van der Waals surface area contributed by atoms with Crippen molar-refractivity contribution in [1.29, 1.82) is 0 Å². The molecule has 0 saturated carbocycles. The highest BCUT2D eigenvalue weighted by atomic mass is 19.1. The Morgan fingerprint density at radius 2 is 1.88 bits per heavy atom. The zero-order valence-electron chi connectivity index (χ0n) is 13.6. The summed E-state index contributed by atoms with van der Waals surface area (Å²) in [7, 11) is 0. The molecule has 1 saturated heterocycles. The van der Waals surface area contributed by atoms with Crippen LogP contribution in [0.5, 0.6) is 0 Å². The maximum absolute atomic E-state index is 13.8. The Bertz CT molecular complexity index is 817. The molecule has 1 aliphatic heterocycles. The average Bonchev–Trinajstić information content (AvgIpc) is 2.64. The van der Waals surface area contributed by atoms with Crippen molar-refractivity contribution in [2.24, 2.45) is 0 Å². The van der Waals surface area contributed by atoms with Crippen LogP contribution in [0.1, 0.15) is 34.9 Å². The van der Waals surface area contributed by atoms with Crippen LogP contribution in [0.2, 0.25) is 0 Å². The number of nitrogens with zero attached hydrogens (tertiary/aromatic N) is 1. The quantitative estimate of drug-likeness (QED) is 0.467. The fourth-order valence-electron chi connectivity index (χ4n) is 2.77. The molecule has 8 heteroatoms. The number of nitro benzene ring substituents is 1. The molecule has 0 N–H and O–H groups in total. The molecular formula is C18H15F2NO5. The van der Waals surface area contributed by atoms with E-state index in [4.69, 9.17) is 9.47 Å². The minimum atomic E-state index is -0.621. The first-order valence-electron chi connectivity index (χ1n) is 7.96. The summed E-state index contributed by atoms with van der Waals surface area (Å²) in [5.41, 5.74) is 0.210. The Morgan fingerprint density at radius 3 is 2.50 bits per heavy atom. The summed E-state index contributed by atoms with van der Waals surface area (Å²) in [4.78, 5) is 22.1. The highest BCUT2D eigenvalue weighted by molar-refractivity contribution is 5.89. The van der Waals surface area contributed by atoms with Gasteiger partial charge in [0.1, 0.15) is 17.7 Å². The Labute approximate surface area is 147 Å². The lowest BCUT2D eigenvalue weighted by molar-refractivity contribution is -0.384. The van der Waals surface area contributed by atoms with Crippen LogP contribution >= 0.6 is 0 Å². The zero-order chi connectivity index (χ0) is 18.7. The average molecular weight is 363 g/mol. The largest absolute Gasteiger partial charge is 0.456 e. The molecule has 136 valence electrons. The molecule has 0 radical (unpaired) electrons. The summed E-state index contributed by atoms with van der Waals surface area (Å²) in [6.07, 6.45) is -0.316. The summed E-state index contributed by atoms with van der Waals surface area (Å²) < 4.78 is 37.9.